The zero-order valence-corrected chi connectivity index (χ0v) is 22.1. The number of fused-ring (bicyclic) bond motifs is 1. The number of rotatable bonds is 6. The Morgan fingerprint density at radius 3 is 2.53 bits per heavy atom. The maximum absolute atomic E-state index is 13.0. The molecule has 0 N–H and O–H groups in total. The average molecular weight is 517 g/mol. The summed E-state index contributed by atoms with van der Waals surface area (Å²) in [6, 6.07) is 7.50. The van der Waals surface area contributed by atoms with Crippen molar-refractivity contribution in [3.05, 3.63) is 63.1 Å². The highest BCUT2D eigenvalue weighted by Gasteiger charge is 2.34. The molecule has 194 valence electrons. The summed E-state index contributed by atoms with van der Waals surface area (Å²) in [5.41, 5.74) is 2.99. The van der Waals surface area contributed by atoms with Crippen molar-refractivity contribution in [1.82, 2.24) is 9.99 Å². The summed E-state index contributed by atoms with van der Waals surface area (Å²) in [4.78, 5) is 23.4. The molecule has 1 aromatic heterocycles. The zero-order valence-electron chi connectivity index (χ0n) is 21.4. The number of hydrogen-bond acceptors (Lipinski definition) is 7. The largest absolute Gasteiger partial charge is 0.569 e. The zero-order chi connectivity index (χ0) is 26.0. The summed E-state index contributed by atoms with van der Waals surface area (Å²) in [7, 11) is 1.66. The van der Waals surface area contributed by atoms with Gasteiger partial charge in [0.05, 0.1) is 35.8 Å². The van der Waals surface area contributed by atoms with Gasteiger partial charge in [-0.1, -0.05) is 23.7 Å². The molecule has 1 atom stereocenters. The van der Waals surface area contributed by atoms with Crippen LogP contribution in [0.25, 0.3) is 0 Å². The van der Waals surface area contributed by atoms with E-state index in [1.54, 1.807) is 13.2 Å². The summed E-state index contributed by atoms with van der Waals surface area (Å²) in [5.74, 6) is -0.0545. The highest BCUT2D eigenvalue weighted by molar-refractivity contribution is 6.30. The molecule has 1 aliphatic carbocycles. The number of hydrogen-bond donors (Lipinski definition) is 0. The van der Waals surface area contributed by atoms with Gasteiger partial charge in [-0.05, 0) is 71.1 Å². The molecular formula is C26H33ClN4O5. The molecule has 0 amide bonds. The van der Waals surface area contributed by atoms with E-state index in [-0.39, 0.29) is 29.6 Å². The van der Waals surface area contributed by atoms with E-state index < -0.39 is 0 Å². The van der Waals surface area contributed by atoms with E-state index in [0.717, 1.165) is 16.7 Å². The number of carbonyl (C=O) groups is 1. The molecular weight excluding hydrogens is 484 g/mol. The molecule has 2 heterocycles. The fourth-order valence-electron chi connectivity index (χ4n) is 4.34. The number of pyridine rings is 1. The van der Waals surface area contributed by atoms with E-state index in [2.05, 4.69) is 10.3 Å². The Labute approximate surface area is 216 Å². The Hall–Kier alpha value is -2.91. The molecule has 0 spiro atoms. The summed E-state index contributed by atoms with van der Waals surface area (Å²) in [6.45, 7) is 7.90. The van der Waals surface area contributed by atoms with E-state index in [1.165, 1.54) is 5.01 Å². The van der Waals surface area contributed by atoms with E-state index in [4.69, 9.17) is 25.9 Å². The van der Waals surface area contributed by atoms with Crippen molar-refractivity contribution in [2.45, 2.75) is 77.7 Å². The lowest BCUT2D eigenvalue weighted by molar-refractivity contribution is -0.720. The number of hydrazine groups is 1. The van der Waals surface area contributed by atoms with E-state index in [9.17, 15) is 10.0 Å². The summed E-state index contributed by atoms with van der Waals surface area (Å²) >= 11 is 6.02. The third kappa shape index (κ3) is 5.73. The molecule has 0 bridgehead atoms. The molecule has 2 aliphatic rings. The van der Waals surface area contributed by atoms with Crippen LogP contribution in [0.2, 0.25) is 5.02 Å². The van der Waals surface area contributed by atoms with Gasteiger partial charge in [0.25, 0.3) is 0 Å². The highest BCUT2D eigenvalue weighted by Crippen LogP contribution is 2.41. The fourth-order valence-corrected chi connectivity index (χ4v) is 4.46. The lowest BCUT2D eigenvalue weighted by atomic mass is 9.87. The number of aromatic nitrogens is 1. The monoisotopic (exact) mass is 516 g/mol. The van der Waals surface area contributed by atoms with Crippen molar-refractivity contribution in [2.24, 2.45) is 11.2 Å². The van der Waals surface area contributed by atoms with Crippen molar-refractivity contribution in [2.75, 3.05) is 7.05 Å². The van der Waals surface area contributed by atoms with Crippen molar-refractivity contribution in [3.63, 3.8) is 0 Å². The Kier molecular flexibility index (Phi) is 7.70. The minimum Gasteiger partial charge on any atom is -0.569 e. The molecule has 9 nitrogen and oxygen atoms in total. The fraction of sp³-hybridized carbons (Fsp3) is 0.538. The molecule has 1 aliphatic heterocycles. The van der Waals surface area contributed by atoms with Crippen LogP contribution in [0.4, 0.5) is 0 Å². The van der Waals surface area contributed by atoms with Gasteiger partial charge in [-0.3, -0.25) is 9.78 Å². The molecule has 4 rings (SSSR count). The standard InChI is InChI=1S/C26H33ClN4O5/c1-16-23(22-15-34-24(21(22)14-28-16)17-6-10-19(27)11-7-17)35-25(32)18-8-12-20(13-9-18)36-29-31(33)30(5)26(2,3)4/h6-7,10-11,14,18,20,24H,8-9,12-13,15H2,1-5H3/b31-29-/t18?,20?,24-/m0/s1. The molecule has 0 unspecified atom stereocenters. The topological polar surface area (TPSA) is 99.3 Å². The Bertz CT molecular complexity index is 1120. The third-order valence-electron chi connectivity index (χ3n) is 6.90. The predicted octanol–water partition coefficient (Wildman–Crippen LogP) is 5.67. The molecule has 2 aromatic rings. The number of benzene rings is 1. The number of aryl methyl sites for hydroxylation is 1. The number of halogens is 1. The lowest BCUT2D eigenvalue weighted by Crippen LogP contribution is -2.42. The highest BCUT2D eigenvalue weighted by atomic mass is 35.5. The van der Waals surface area contributed by atoms with Crippen molar-refractivity contribution >= 4 is 17.6 Å². The number of esters is 1. The maximum atomic E-state index is 13.0. The average Bonchev–Trinajstić information content (AvgIpc) is 3.28. The Morgan fingerprint density at radius 1 is 1.22 bits per heavy atom. The van der Waals surface area contributed by atoms with Crippen molar-refractivity contribution in [3.8, 4) is 5.75 Å². The van der Waals surface area contributed by atoms with E-state index in [1.807, 2.05) is 52.0 Å². The van der Waals surface area contributed by atoms with Gasteiger partial charge in [-0.25, -0.2) is 0 Å². The molecule has 0 radical (unpaired) electrons. The van der Waals surface area contributed by atoms with Crippen LogP contribution in [0.15, 0.2) is 35.7 Å². The second-order valence-electron chi connectivity index (χ2n) is 10.4. The van der Waals surface area contributed by atoms with Gasteiger partial charge >= 0.3 is 5.97 Å². The van der Waals surface area contributed by atoms with Gasteiger partial charge in [0.1, 0.15) is 12.2 Å². The van der Waals surface area contributed by atoms with Crippen molar-refractivity contribution in [1.29, 1.82) is 0 Å². The first kappa shape index (κ1) is 26.2. The second-order valence-corrected chi connectivity index (χ2v) is 10.8. The number of nitrogens with zero attached hydrogens (tertiary/aromatic N) is 4. The van der Waals surface area contributed by atoms with Gasteiger partial charge in [-0.15, -0.1) is 5.01 Å². The van der Waals surface area contributed by atoms with Gasteiger partial charge < -0.3 is 19.5 Å². The van der Waals surface area contributed by atoms with Crippen LogP contribution in [0, 0.1) is 18.0 Å². The summed E-state index contributed by atoms with van der Waals surface area (Å²) < 4.78 is 11.9. The van der Waals surface area contributed by atoms with Crippen LogP contribution in [0.1, 0.15) is 74.9 Å². The predicted molar refractivity (Wildman–Crippen MR) is 133 cm³/mol. The van der Waals surface area contributed by atoms with E-state index in [0.29, 0.717) is 53.7 Å². The lowest BCUT2D eigenvalue weighted by Gasteiger charge is -2.28. The molecule has 36 heavy (non-hydrogen) atoms. The molecule has 1 aromatic carbocycles. The van der Waals surface area contributed by atoms with Crippen LogP contribution in [-0.4, -0.2) is 39.6 Å². The van der Waals surface area contributed by atoms with Gasteiger partial charge in [-0.2, -0.15) is 0 Å². The first-order chi connectivity index (χ1) is 17.0. The maximum Gasteiger partial charge on any atom is 0.314 e. The first-order valence-corrected chi connectivity index (χ1v) is 12.6. The smallest absolute Gasteiger partial charge is 0.314 e. The van der Waals surface area contributed by atoms with Gasteiger partial charge in [0, 0.05) is 22.3 Å². The minimum atomic E-state index is -0.374. The van der Waals surface area contributed by atoms with Crippen LogP contribution in [0.5, 0.6) is 5.75 Å². The van der Waals surface area contributed by atoms with Crippen LogP contribution >= 0.6 is 11.6 Å². The first-order valence-electron chi connectivity index (χ1n) is 12.2. The Morgan fingerprint density at radius 2 is 1.89 bits per heavy atom. The normalized spacial score (nSPS) is 22.2. The summed E-state index contributed by atoms with van der Waals surface area (Å²) in [5, 5.41) is 17.9. The summed E-state index contributed by atoms with van der Waals surface area (Å²) in [6.07, 6.45) is 3.71. The Balaban J connectivity index is 1.37. The number of carbonyl (C=O) groups excluding carboxylic acids is 1. The van der Waals surface area contributed by atoms with Gasteiger partial charge in [0.2, 0.25) is 5.28 Å². The SMILES string of the molecule is Cc1ncc2c(c1OC(=O)C1CCC(O/N=[N+](\[O-])N(C)C(C)(C)C)CC1)CO[C@H]2c1ccc(Cl)cc1. The van der Waals surface area contributed by atoms with Crippen LogP contribution < -0.4 is 4.74 Å². The van der Waals surface area contributed by atoms with E-state index >= 15 is 0 Å². The van der Waals surface area contributed by atoms with Crippen molar-refractivity contribution < 1.29 is 24.1 Å². The quantitative estimate of drug-likeness (QED) is 0.211. The molecule has 1 saturated carbocycles. The second kappa shape index (κ2) is 10.6. The minimum absolute atomic E-state index is 0.211. The third-order valence-corrected chi connectivity index (χ3v) is 7.15. The molecule has 1 fully saturated rings. The molecule has 10 heteroatoms. The van der Waals surface area contributed by atoms with Gasteiger partial charge in [0.15, 0.2) is 5.75 Å². The molecule has 0 saturated heterocycles. The van der Waals surface area contributed by atoms with Crippen LogP contribution in [0.3, 0.4) is 0 Å². The van der Waals surface area contributed by atoms with Crippen LogP contribution in [-0.2, 0) is 21.0 Å². The number of ether oxygens (including phenoxy) is 2.